The van der Waals surface area contributed by atoms with Crippen molar-refractivity contribution in [1.82, 2.24) is 35.9 Å². The molecule has 0 spiro atoms. The fraction of sp³-hybridized carbons (Fsp3) is 0.500. The second-order valence-corrected chi connectivity index (χ2v) is 16.0. The number of fused-ring (bicyclic) bond motifs is 1. The summed E-state index contributed by atoms with van der Waals surface area (Å²) in [7, 11) is 0. The van der Waals surface area contributed by atoms with Gasteiger partial charge in [0.05, 0.1) is 24.4 Å². The molecule has 0 unspecified atom stereocenters. The average molecular weight is 788 g/mol. The standard InChI is InChI=1S/C42H57N7O8/c1-7-27(2)36(49-19-18-47(41(49)55)25-31-15-11-12-28(3)43-31)38(51)44-32(22-29-13-9-8-10-14-29)33(50)26-48(46-39(52)37(42(4,5)6)45-40(53)54)24-30-16-17-34-35(23-30)57-21-20-56-34/h8-17,23,27,32-33,36-37,45,50H,7,18-22,24-26H2,1-6H3,(H,44,51)(H,46,52)(H,53,54)/t27-,32-,33-,36-,37+/m0/s1. The molecule has 5 amide bonds. The van der Waals surface area contributed by atoms with Gasteiger partial charge in [0.1, 0.15) is 25.3 Å². The van der Waals surface area contributed by atoms with E-state index in [-0.39, 0.29) is 31.5 Å². The zero-order chi connectivity index (χ0) is 41.3. The maximum absolute atomic E-state index is 14.5. The van der Waals surface area contributed by atoms with Crippen LogP contribution in [0.1, 0.15) is 63.6 Å². The van der Waals surface area contributed by atoms with Crippen LogP contribution in [0.4, 0.5) is 9.59 Å². The first-order valence-corrected chi connectivity index (χ1v) is 19.6. The molecule has 1 saturated heterocycles. The molecule has 5 atom stereocenters. The first kappa shape index (κ1) is 42.7. The predicted molar refractivity (Wildman–Crippen MR) is 213 cm³/mol. The third kappa shape index (κ3) is 11.6. The Balaban J connectivity index is 1.40. The second-order valence-electron chi connectivity index (χ2n) is 16.0. The van der Waals surface area contributed by atoms with E-state index < -0.39 is 47.6 Å². The van der Waals surface area contributed by atoms with Crippen LogP contribution >= 0.6 is 0 Å². The Bertz CT molecular complexity index is 1860. The average Bonchev–Trinajstić information content (AvgIpc) is 3.51. The number of carbonyl (C=O) groups excluding carboxylic acids is 3. The number of benzene rings is 2. The van der Waals surface area contributed by atoms with E-state index in [0.717, 1.165) is 22.5 Å². The van der Waals surface area contributed by atoms with Crippen LogP contribution in [0.3, 0.4) is 0 Å². The highest BCUT2D eigenvalue weighted by molar-refractivity contribution is 5.88. The van der Waals surface area contributed by atoms with Gasteiger partial charge in [-0.2, -0.15) is 0 Å². The summed E-state index contributed by atoms with van der Waals surface area (Å²) in [6.07, 6.45) is -1.72. The number of urea groups is 1. The molecule has 308 valence electrons. The fourth-order valence-corrected chi connectivity index (χ4v) is 7.17. The molecule has 3 heterocycles. The minimum absolute atomic E-state index is 0.0960. The lowest BCUT2D eigenvalue weighted by atomic mass is 9.86. The number of hydrazine groups is 1. The number of hydrogen-bond donors (Lipinski definition) is 5. The Morgan fingerprint density at radius 1 is 0.930 bits per heavy atom. The van der Waals surface area contributed by atoms with Crippen LogP contribution in [0.5, 0.6) is 11.5 Å². The van der Waals surface area contributed by atoms with Crippen molar-refractivity contribution >= 4 is 23.9 Å². The van der Waals surface area contributed by atoms with Gasteiger partial charge in [-0.15, -0.1) is 0 Å². The van der Waals surface area contributed by atoms with Crippen molar-refractivity contribution < 1.29 is 38.9 Å². The van der Waals surface area contributed by atoms with Gasteiger partial charge in [0.2, 0.25) is 5.91 Å². The van der Waals surface area contributed by atoms with Gasteiger partial charge in [0.25, 0.3) is 5.91 Å². The number of amides is 5. The van der Waals surface area contributed by atoms with Crippen molar-refractivity contribution in [3.63, 3.8) is 0 Å². The van der Waals surface area contributed by atoms with Crippen LogP contribution in [-0.2, 0) is 29.1 Å². The lowest BCUT2D eigenvalue weighted by molar-refractivity contribution is -0.132. The zero-order valence-corrected chi connectivity index (χ0v) is 33.7. The molecule has 15 heteroatoms. The smallest absolute Gasteiger partial charge is 0.405 e. The summed E-state index contributed by atoms with van der Waals surface area (Å²) in [4.78, 5) is 61.7. The largest absolute Gasteiger partial charge is 0.486 e. The number of rotatable bonds is 17. The van der Waals surface area contributed by atoms with E-state index in [1.807, 2.05) is 75.4 Å². The van der Waals surface area contributed by atoms with Gasteiger partial charge in [-0.3, -0.25) is 20.0 Å². The zero-order valence-electron chi connectivity index (χ0n) is 33.7. The summed E-state index contributed by atoms with van der Waals surface area (Å²) < 4.78 is 11.5. The first-order chi connectivity index (χ1) is 27.1. The van der Waals surface area contributed by atoms with Crippen molar-refractivity contribution in [2.75, 3.05) is 32.8 Å². The number of aryl methyl sites for hydroxylation is 1. The predicted octanol–water partition coefficient (Wildman–Crippen LogP) is 4.12. The van der Waals surface area contributed by atoms with Crippen molar-refractivity contribution in [2.45, 2.75) is 91.7 Å². The lowest BCUT2D eigenvalue weighted by Gasteiger charge is -2.36. The summed E-state index contributed by atoms with van der Waals surface area (Å²) in [5.74, 6) is -0.0853. The monoisotopic (exact) mass is 787 g/mol. The molecular weight excluding hydrogens is 731 g/mol. The molecule has 0 saturated carbocycles. The molecule has 0 bridgehead atoms. The minimum Gasteiger partial charge on any atom is -0.486 e. The van der Waals surface area contributed by atoms with Crippen molar-refractivity contribution in [3.05, 3.63) is 89.2 Å². The van der Waals surface area contributed by atoms with Gasteiger partial charge in [0.15, 0.2) is 11.5 Å². The molecule has 2 aliphatic heterocycles. The van der Waals surface area contributed by atoms with E-state index in [4.69, 9.17) is 9.47 Å². The molecule has 15 nitrogen and oxygen atoms in total. The molecule has 0 radical (unpaired) electrons. The summed E-state index contributed by atoms with van der Waals surface area (Å²) in [6, 6.07) is 17.4. The van der Waals surface area contributed by atoms with Gasteiger partial charge in [0, 0.05) is 31.9 Å². The number of aromatic nitrogens is 1. The van der Waals surface area contributed by atoms with Gasteiger partial charge in [-0.05, 0) is 60.1 Å². The normalized spacial score (nSPS) is 16.7. The highest BCUT2D eigenvalue weighted by Gasteiger charge is 2.41. The summed E-state index contributed by atoms with van der Waals surface area (Å²) in [5.41, 5.74) is 5.26. The number of aliphatic hydroxyl groups excluding tert-OH is 1. The summed E-state index contributed by atoms with van der Waals surface area (Å²) in [5, 5.41) is 28.6. The molecule has 2 aromatic carbocycles. The maximum atomic E-state index is 14.5. The summed E-state index contributed by atoms with van der Waals surface area (Å²) in [6.45, 7) is 12.9. The molecule has 0 aliphatic carbocycles. The van der Waals surface area contributed by atoms with Crippen molar-refractivity contribution in [2.24, 2.45) is 11.3 Å². The number of ether oxygens (including phenoxy) is 2. The van der Waals surface area contributed by atoms with E-state index in [1.165, 1.54) is 5.01 Å². The van der Waals surface area contributed by atoms with Crippen LogP contribution in [-0.4, -0.2) is 111 Å². The van der Waals surface area contributed by atoms with Crippen LogP contribution in [0.2, 0.25) is 0 Å². The van der Waals surface area contributed by atoms with Crippen LogP contribution < -0.4 is 25.5 Å². The summed E-state index contributed by atoms with van der Waals surface area (Å²) >= 11 is 0. The van der Waals surface area contributed by atoms with Gasteiger partial charge in [-0.1, -0.05) is 83.5 Å². The lowest BCUT2D eigenvalue weighted by Crippen LogP contribution is -2.60. The Morgan fingerprint density at radius 3 is 2.32 bits per heavy atom. The topological polar surface area (TPSA) is 186 Å². The number of hydrogen-bond acceptors (Lipinski definition) is 9. The van der Waals surface area contributed by atoms with Gasteiger partial charge >= 0.3 is 12.1 Å². The molecule has 1 aromatic heterocycles. The van der Waals surface area contributed by atoms with E-state index in [9.17, 15) is 29.4 Å². The van der Waals surface area contributed by atoms with Crippen molar-refractivity contribution in [1.29, 1.82) is 0 Å². The highest BCUT2D eigenvalue weighted by atomic mass is 16.6. The molecule has 5 rings (SSSR count). The molecule has 57 heavy (non-hydrogen) atoms. The second kappa shape index (κ2) is 19.2. The molecule has 2 aliphatic rings. The molecule has 5 N–H and O–H groups in total. The maximum Gasteiger partial charge on any atom is 0.405 e. The molecular formula is C42H57N7O8. The first-order valence-electron chi connectivity index (χ1n) is 19.6. The minimum atomic E-state index is -1.35. The third-order valence-electron chi connectivity index (χ3n) is 10.4. The van der Waals surface area contributed by atoms with Crippen LogP contribution in [0, 0.1) is 18.3 Å². The number of carbonyl (C=O) groups is 4. The Hall–Kier alpha value is -5.41. The Kier molecular flexibility index (Phi) is 14.4. The van der Waals surface area contributed by atoms with E-state index in [1.54, 1.807) is 42.7 Å². The number of aliphatic hydroxyl groups is 1. The number of nitrogens with zero attached hydrogens (tertiary/aromatic N) is 4. The van der Waals surface area contributed by atoms with E-state index >= 15 is 0 Å². The Labute approximate surface area is 334 Å². The molecule has 3 aromatic rings. The van der Waals surface area contributed by atoms with E-state index in [0.29, 0.717) is 50.8 Å². The quantitative estimate of drug-likeness (QED) is 0.125. The van der Waals surface area contributed by atoms with Crippen LogP contribution in [0.25, 0.3) is 0 Å². The van der Waals surface area contributed by atoms with Gasteiger partial charge < -0.3 is 40.1 Å². The number of nitrogens with one attached hydrogen (secondary N) is 3. The van der Waals surface area contributed by atoms with Gasteiger partial charge in [-0.25, -0.2) is 14.6 Å². The molecule has 1 fully saturated rings. The SMILES string of the molecule is CC[C@H](C)[C@@H](C(=O)N[C@@H](Cc1ccccc1)[C@@H](O)CN(Cc1ccc2c(c1)OCCO2)NC(=O)[C@@H](NC(=O)O)C(C)(C)C)N1CCN(Cc2cccc(C)n2)C1=O. The third-order valence-corrected chi connectivity index (χ3v) is 10.4. The fourth-order valence-electron chi connectivity index (χ4n) is 7.17. The highest BCUT2D eigenvalue weighted by Crippen LogP contribution is 2.31. The Morgan fingerprint density at radius 2 is 1.65 bits per heavy atom. The number of carboxylic acid groups (broad SMARTS) is 1. The number of pyridine rings is 1. The van der Waals surface area contributed by atoms with Crippen molar-refractivity contribution in [3.8, 4) is 11.5 Å². The van der Waals surface area contributed by atoms with E-state index in [2.05, 4.69) is 21.0 Å². The van der Waals surface area contributed by atoms with Crippen LogP contribution in [0.15, 0.2) is 66.7 Å².